The minimum Gasteiger partial charge on any atom is -0.351 e. The zero-order valence-electron chi connectivity index (χ0n) is 10.7. The van der Waals surface area contributed by atoms with Gasteiger partial charge in [-0.3, -0.25) is 4.79 Å². The van der Waals surface area contributed by atoms with Crippen LogP contribution in [0.25, 0.3) is 0 Å². The minimum atomic E-state index is 0.241. The largest absolute Gasteiger partial charge is 0.351 e. The lowest BCUT2D eigenvalue weighted by molar-refractivity contribution is 0.112. The third kappa shape index (κ3) is 2.47. The molecule has 0 spiro atoms. The van der Waals surface area contributed by atoms with Crippen LogP contribution in [-0.4, -0.2) is 39.8 Å². The van der Waals surface area contributed by atoms with Crippen LogP contribution in [0.3, 0.4) is 0 Å². The molecule has 98 valence electrons. The molecule has 0 N–H and O–H groups in total. The van der Waals surface area contributed by atoms with Crippen molar-refractivity contribution in [1.29, 1.82) is 0 Å². The van der Waals surface area contributed by atoms with E-state index in [-0.39, 0.29) is 5.15 Å². The summed E-state index contributed by atoms with van der Waals surface area (Å²) >= 11 is 7.96. The van der Waals surface area contributed by atoms with Crippen LogP contribution in [0.2, 0.25) is 5.15 Å². The molecule has 1 aliphatic rings. The number of carbonyl (C=O) groups is 1. The normalized spacial score (nSPS) is 24.1. The van der Waals surface area contributed by atoms with E-state index in [0.717, 1.165) is 18.6 Å². The molecule has 0 aromatic carbocycles. The van der Waals surface area contributed by atoms with E-state index in [2.05, 4.69) is 28.7 Å². The Hall–Kier alpha value is -0.810. The second-order valence-corrected chi connectivity index (χ2v) is 6.27. The van der Waals surface area contributed by atoms with E-state index < -0.39 is 0 Å². The van der Waals surface area contributed by atoms with Crippen molar-refractivity contribution in [3.8, 4) is 0 Å². The average Bonchev–Trinajstić information content (AvgIpc) is 2.32. The molecule has 1 aliphatic heterocycles. The maximum absolute atomic E-state index is 11.2. The van der Waals surface area contributed by atoms with Crippen molar-refractivity contribution in [3.05, 3.63) is 16.5 Å². The van der Waals surface area contributed by atoms with E-state index in [0.29, 0.717) is 28.5 Å². The van der Waals surface area contributed by atoms with Gasteiger partial charge in [0, 0.05) is 23.6 Å². The third-order valence-corrected chi connectivity index (χ3v) is 4.89. The van der Waals surface area contributed by atoms with Gasteiger partial charge in [0.05, 0.1) is 5.56 Å². The summed E-state index contributed by atoms with van der Waals surface area (Å²) in [7, 11) is 0. The van der Waals surface area contributed by atoms with Gasteiger partial charge in [0.2, 0.25) is 0 Å². The van der Waals surface area contributed by atoms with Crippen LogP contribution < -0.4 is 4.90 Å². The van der Waals surface area contributed by atoms with Gasteiger partial charge in [-0.1, -0.05) is 18.5 Å². The van der Waals surface area contributed by atoms with E-state index in [1.165, 1.54) is 0 Å². The molecule has 18 heavy (non-hydrogen) atoms. The van der Waals surface area contributed by atoms with Gasteiger partial charge < -0.3 is 4.90 Å². The van der Waals surface area contributed by atoms with E-state index in [4.69, 9.17) is 11.6 Å². The van der Waals surface area contributed by atoms with Crippen LogP contribution in [0.15, 0.2) is 0 Å². The number of halogens is 1. The van der Waals surface area contributed by atoms with E-state index in [1.54, 1.807) is 6.92 Å². The Morgan fingerprint density at radius 2 is 2.17 bits per heavy atom. The minimum absolute atomic E-state index is 0.241. The van der Waals surface area contributed by atoms with Crippen molar-refractivity contribution < 1.29 is 4.79 Å². The molecular weight excluding hydrogens is 270 g/mol. The summed E-state index contributed by atoms with van der Waals surface area (Å²) in [4.78, 5) is 21.8. The zero-order chi connectivity index (χ0) is 13.3. The van der Waals surface area contributed by atoms with Crippen LogP contribution in [0.5, 0.6) is 0 Å². The van der Waals surface area contributed by atoms with Gasteiger partial charge in [-0.25, -0.2) is 9.97 Å². The Kier molecular flexibility index (Phi) is 4.12. The third-order valence-electron chi connectivity index (χ3n) is 3.26. The molecule has 0 bridgehead atoms. The van der Waals surface area contributed by atoms with Crippen LogP contribution in [-0.2, 0) is 0 Å². The summed E-state index contributed by atoms with van der Waals surface area (Å²) in [5.41, 5.74) is 0.396. The highest BCUT2D eigenvalue weighted by molar-refractivity contribution is 8.00. The number of hydrogen-bond donors (Lipinski definition) is 0. The average molecular weight is 286 g/mol. The number of aromatic nitrogens is 2. The van der Waals surface area contributed by atoms with Crippen LogP contribution in [0, 0.1) is 6.92 Å². The van der Waals surface area contributed by atoms with E-state index >= 15 is 0 Å². The summed E-state index contributed by atoms with van der Waals surface area (Å²) in [6.45, 7) is 7.01. The van der Waals surface area contributed by atoms with Gasteiger partial charge in [-0.05, 0) is 13.8 Å². The van der Waals surface area contributed by atoms with Crippen molar-refractivity contribution >= 4 is 35.5 Å². The lowest BCUT2D eigenvalue weighted by atomic mass is 10.2. The number of anilines is 1. The number of rotatable bonds is 2. The van der Waals surface area contributed by atoms with Crippen LogP contribution >= 0.6 is 23.4 Å². The van der Waals surface area contributed by atoms with Gasteiger partial charge in [-0.15, -0.1) is 0 Å². The van der Waals surface area contributed by atoms with Gasteiger partial charge in [0.15, 0.2) is 6.29 Å². The highest BCUT2D eigenvalue weighted by Crippen LogP contribution is 2.31. The zero-order valence-corrected chi connectivity index (χ0v) is 12.3. The second-order valence-electron chi connectivity index (χ2n) is 4.43. The number of hydrogen-bond acceptors (Lipinski definition) is 5. The first kappa shape index (κ1) is 13.6. The molecule has 1 saturated heterocycles. The van der Waals surface area contributed by atoms with Crippen molar-refractivity contribution in [2.24, 2.45) is 0 Å². The van der Waals surface area contributed by atoms with E-state index in [1.807, 2.05) is 11.8 Å². The molecule has 2 rings (SSSR count). The summed E-state index contributed by atoms with van der Waals surface area (Å²) < 4.78 is 0. The van der Waals surface area contributed by atoms with Crippen molar-refractivity contribution in [2.75, 3.05) is 17.2 Å². The molecule has 0 saturated carbocycles. The summed E-state index contributed by atoms with van der Waals surface area (Å²) in [6, 6.07) is 0.327. The number of aryl methyl sites for hydroxylation is 1. The molecular formula is C12H16ClN3OS. The smallest absolute Gasteiger partial charge is 0.156 e. The predicted molar refractivity (Wildman–Crippen MR) is 75.9 cm³/mol. The maximum Gasteiger partial charge on any atom is 0.156 e. The Morgan fingerprint density at radius 1 is 1.44 bits per heavy atom. The molecule has 1 fully saturated rings. The Bertz CT molecular complexity index is 469. The van der Waals surface area contributed by atoms with Crippen LogP contribution in [0.4, 0.5) is 5.82 Å². The van der Waals surface area contributed by atoms with Gasteiger partial charge in [0.25, 0.3) is 0 Å². The topological polar surface area (TPSA) is 46.1 Å². The van der Waals surface area contributed by atoms with E-state index in [9.17, 15) is 4.79 Å². The highest BCUT2D eigenvalue weighted by atomic mass is 35.5. The molecule has 2 heterocycles. The second kappa shape index (κ2) is 5.45. The number of carbonyl (C=O) groups excluding carboxylic acids is 1. The lowest BCUT2D eigenvalue weighted by Crippen LogP contribution is -2.45. The summed E-state index contributed by atoms with van der Waals surface area (Å²) in [5.74, 6) is 2.30. The fourth-order valence-electron chi connectivity index (χ4n) is 2.09. The monoisotopic (exact) mass is 285 g/mol. The molecule has 4 nitrogen and oxygen atoms in total. The fourth-order valence-corrected chi connectivity index (χ4v) is 3.44. The summed E-state index contributed by atoms with van der Waals surface area (Å²) in [5, 5.41) is 0.748. The molecule has 1 aromatic rings. The van der Waals surface area contributed by atoms with Gasteiger partial charge >= 0.3 is 0 Å². The first-order valence-corrected chi connectivity index (χ1v) is 7.34. The van der Waals surface area contributed by atoms with Gasteiger partial charge in [0.1, 0.15) is 16.8 Å². The van der Waals surface area contributed by atoms with Crippen molar-refractivity contribution in [3.63, 3.8) is 0 Å². The molecule has 1 aromatic heterocycles. The van der Waals surface area contributed by atoms with Crippen LogP contribution in [0.1, 0.15) is 30.0 Å². The molecule has 2 atom stereocenters. The predicted octanol–water partition coefficient (Wildman–Crippen LogP) is 2.58. The Labute approximate surface area is 116 Å². The standard InChI is InChI=1S/C12H16ClN3OS/c1-7-8(2)18-5-4-16(7)12-10(6-17)11(13)14-9(3)15-12/h6-8H,4-5H2,1-3H3. The first-order valence-electron chi connectivity index (χ1n) is 5.92. The molecule has 2 unspecified atom stereocenters. The fraction of sp³-hybridized carbons (Fsp3) is 0.583. The Balaban J connectivity index is 2.46. The highest BCUT2D eigenvalue weighted by Gasteiger charge is 2.28. The maximum atomic E-state index is 11.2. The number of nitrogens with zero attached hydrogens (tertiary/aromatic N) is 3. The summed E-state index contributed by atoms with van der Waals surface area (Å²) in [6.07, 6.45) is 0.746. The number of thioether (sulfide) groups is 1. The quantitative estimate of drug-likeness (QED) is 0.617. The SMILES string of the molecule is Cc1nc(Cl)c(C=O)c(N2CCSC(C)C2C)n1. The van der Waals surface area contributed by atoms with Crippen molar-refractivity contribution in [2.45, 2.75) is 32.1 Å². The first-order chi connectivity index (χ1) is 8.54. The van der Waals surface area contributed by atoms with Crippen molar-refractivity contribution in [1.82, 2.24) is 9.97 Å². The Morgan fingerprint density at radius 3 is 2.83 bits per heavy atom. The molecule has 0 radical (unpaired) electrons. The number of aldehydes is 1. The molecule has 0 aliphatic carbocycles. The lowest BCUT2D eigenvalue weighted by Gasteiger charge is -2.38. The molecule has 6 heteroatoms. The van der Waals surface area contributed by atoms with Gasteiger partial charge in [-0.2, -0.15) is 11.8 Å². The molecule has 0 amide bonds.